The van der Waals surface area contributed by atoms with E-state index in [2.05, 4.69) is 41.1 Å². The van der Waals surface area contributed by atoms with Gasteiger partial charge in [-0.2, -0.15) is 0 Å². The first-order valence-electron chi connectivity index (χ1n) is 7.96. The van der Waals surface area contributed by atoms with E-state index in [4.69, 9.17) is 13.3 Å². The van der Waals surface area contributed by atoms with E-state index in [0.29, 0.717) is 0 Å². The predicted octanol–water partition coefficient (Wildman–Crippen LogP) is 1.04. The fourth-order valence-corrected chi connectivity index (χ4v) is 4.11. The van der Waals surface area contributed by atoms with Gasteiger partial charge in [0.25, 0.3) is 0 Å². The van der Waals surface area contributed by atoms with E-state index in [1.165, 1.54) is 5.56 Å². The number of benzene rings is 1. The van der Waals surface area contributed by atoms with Crippen LogP contribution in [0.1, 0.15) is 12.0 Å². The first-order chi connectivity index (χ1) is 11.2. The molecule has 0 saturated carbocycles. The topological polar surface area (TPSA) is 43.0 Å². The lowest BCUT2D eigenvalue weighted by molar-refractivity contribution is 0.123. The van der Waals surface area contributed by atoms with Gasteiger partial charge in [0, 0.05) is 47.0 Å². The highest BCUT2D eigenvalue weighted by Crippen LogP contribution is 2.14. The van der Waals surface area contributed by atoms with Crippen molar-refractivity contribution in [3.8, 4) is 0 Å². The molecule has 0 aromatic heterocycles. The highest BCUT2D eigenvalue weighted by Gasteiger charge is 2.36. The van der Waals surface area contributed by atoms with E-state index >= 15 is 0 Å². The molecule has 1 N–H and O–H groups in total. The fourth-order valence-electron chi connectivity index (χ4n) is 2.39. The van der Waals surface area contributed by atoms with Crippen LogP contribution in [0.15, 0.2) is 43.1 Å². The molecule has 0 unspecified atom stereocenters. The normalized spacial score (nSPS) is 11.0. The maximum absolute atomic E-state index is 5.41. The molecule has 0 aliphatic heterocycles. The lowest BCUT2D eigenvalue weighted by atomic mass is 10.2. The molecule has 24 heavy (non-hydrogen) atoms. The van der Waals surface area contributed by atoms with Crippen molar-refractivity contribution in [2.45, 2.75) is 19.0 Å². The van der Waals surface area contributed by atoms with Crippen LogP contribution in [0, 0.1) is 0 Å². The van der Waals surface area contributed by atoms with Crippen molar-refractivity contribution in [2.75, 3.05) is 41.0 Å². The van der Waals surface area contributed by atoms with Crippen molar-refractivity contribution in [1.82, 2.24) is 10.2 Å². The maximum atomic E-state index is 5.41. The van der Waals surface area contributed by atoms with Crippen LogP contribution in [0.5, 0.6) is 0 Å². The van der Waals surface area contributed by atoms with Gasteiger partial charge in [0.05, 0.1) is 0 Å². The average molecular weight is 371 g/mol. The van der Waals surface area contributed by atoms with Crippen LogP contribution >= 0.6 is 0 Å². The SMILES string of the molecule is C=CN(CCNCCC[Si](OC)(OC)OC)Cc1ccccc1.[SiH4]. The molecule has 0 amide bonds. The van der Waals surface area contributed by atoms with Gasteiger partial charge in [0.15, 0.2) is 0 Å². The average Bonchev–Trinajstić information content (AvgIpc) is 2.61. The van der Waals surface area contributed by atoms with Crippen molar-refractivity contribution in [3.63, 3.8) is 0 Å². The molecule has 0 fully saturated rings. The smallest absolute Gasteiger partial charge is 0.377 e. The predicted molar refractivity (Wildman–Crippen MR) is 107 cm³/mol. The summed E-state index contributed by atoms with van der Waals surface area (Å²) in [6.45, 7) is 7.55. The molecule has 0 saturated heterocycles. The molecule has 0 aliphatic rings. The van der Waals surface area contributed by atoms with E-state index < -0.39 is 8.80 Å². The second kappa shape index (κ2) is 13.3. The summed E-state index contributed by atoms with van der Waals surface area (Å²) in [5.41, 5.74) is 1.29. The van der Waals surface area contributed by atoms with E-state index in [1.54, 1.807) is 21.3 Å². The lowest BCUT2D eigenvalue weighted by Crippen LogP contribution is -2.43. The maximum Gasteiger partial charge on any atom is 0.500 e. The summed E-state index contributed by atoms with van der Waals surface area (Å²) >= 11 is 0. The molecule has 0 heterocycles. The van der Waals surface area contributed by atoms with Gasteiger partial charge >= 0.3 is 8.80 Å². The van der Waals surface area contributed by atoms with Crippen molar-refractivity contribution in [3.05, 3.63) is 48.7 Å². The summed E-state index contributed by atoms with van der Waals surface area (Å²) in [5, 5.41) is 3.45. The molecule has 0 atom stereocenters. The second-order valence-electron chi connectivity index (χ2n) is 5.29. The summed E-state index contributed by atoms with van der Waals surface area (Å²) in [6.07, 6.45) is 2.86. The Morgan fingerprint density at radius 1 is 1.08 bits per heavy atom. The van der Waals surface area contributed by atoms with Crippen LogP contribution in [0.25, 0.3) is 0 Å². The summed E-state index contributed by atoms with van der Waals surface area (Å²) in [4.78, 5) is 2.21. The zero-order valence-corrected chi connectivity index (χ0v) is 15.6. The quantitative estimate of drug-likeness (QED) is 0.415. The molecule has 0 radical (unpaired) electrons. The molecule has 0 bridgehead atoms. The van der Waals surface area contributed by atoms with Crippen LogP contribution in [0.4, 0.5) is 0 Å². The van der Waals surface area contributed by atoms with Gasteiger partial charge in [0.2, 0.25) is 0 Å². The van der Waals surface area contributed by atoms with Gasteiger partial charge in [-0.15, -0.1) is 0 Å². The van der Waals surface area contributed by atoms with Crippen LogP contribution in [0.3, 0.4) is 0 Å². The zero-order chi connectivity index (χ0) is 17.0. The molecule has 138 valence electrons. The van der Waals surface area contributed by atoms with E-state index in [-0.39, 0.29) is 11.0 Å². The fraction of sp³-hybridized carbons (Fsp3) is 0.529. The molecule has 7 heteroatoms. The van der Waals surface area contributed by atoms with Gasteiger partial charge in [-0.1, -0.05) is 36.9 Å². The lowest BCUT2D eigenvalue weighted by Gasteiger charge is -2.24. The molecular weight excluding hydrogens is 336 g/mol. The molecular formula is C17H34N2O3Si2. The molecule has 1 aromatic carbocycles. The number of nitrogens with one attached hydrogen (secondary N) is 1. The number of hydrogen-bond donors (Lipinski definition) is 1. The van der Waals surface area contributed by atoms with Gasteiger partial charge in [0.1, 0.15) is 0 Å². The Balaban J connectivity index is 0.00000529. The van der Waals surface area contributed by atoms with Crippen molar-refractivity contribution in [1.29, 1.82) is 0 Å². The Morgan fingerprint density at radius 2 is 1.71 bits per heavy atom. The van der Waals surface area contributed by atoms with Crippen molar-refractivity contribution in [2.24, 2.45) is 0 Å². The first kappa shape index (κ1) is 23.0. The molecule has 0 aliphatic carbocycles. The standard InChI is InChI=1S/C17H30N2O3Si.H4Si/c1-5-19(16-17-10-7-6-8-11-17)14-13-18-12-9-15-23(20-2,21-3)22-4;/h5-8,10-11,18H,1,9,12-16H2,2-4H3;1H4. The third kappa shape index (κ3) is 8.23. The van der Waals surface area contributed by atoms with Gasteiger partial charge in [-0.05, 0) is 35.7 Å². The van der Waals surface area contributed by atoms with Gasteiger partial charge < -0.3 is 23.5 Å². The zero-order valence-electron chi connectivity index (χ0n) is 14.6. The number of nitrogens with zero attached hydrogens (tertiary/aromatic N) is 1. The summed E-state index contributed by atoms with van der Waals surface area (Å²) in [6, 6.07) is 11.2. The van der Waals surface area contributed by atoms with Crippen LogP contribution in [0.2, 0.25) is 6.04 Å². The highest BCUT2D eigenvalue weighted by atomic mass is 28.4. The minimum atomic E-state index is -2.42. The van der Waals surface area contributed by atoms with Gasteiger partial charge in [-0.25, -0.2) is 0 Å². The van der Waals surface area contributed by atoms with Crippen LogP contribution < -0.4 is 5.32 Å². The highest BCUT2D eigenvalue weighted by molar-refractivity contribution is 6.60. The minimum absolute atomic E-state index is 0. The Labute approximate surface area is 152 Å². The summed E-state index contributed by atoms with van der Waals surface area (Å²) < 4.78 is 16.2. The summed E-state index contributed by atoms with van der Waals surface area (Å²) in [7, 11) is 2.53. The largest absolute Gasteiger partial charge is 0.500 e. The monoisotopic (exact) mass is 370 g/mol. The molecule has 0 spiro atoms. The Hall–Kier alpha value is -0.966. The number of hydrogen-bond acceptors (Lipinski definition) is 5. The Bertz CT molecular complexity index is 423. The van der Waals surface area contributed by atoms with E-state index in [1.807, 2.05) is 12.3 Å². The van der Waals surface area contributed by atoms with E-state index in [0.717, 1.165) is 38.6 Å². The molecule has 5 nitrogen and oxygen atoms in total. The minimum Gasteiger partial charge on any atom is -0.377 e. The van der Waals surface area contributed by atoms with Crippen LogP contribution in [-0.2, 0) is 19.8 Å². The van der Waals surface area contributed by atoms with Crippen molar-refractivity contribution >= 4 is 19.8 Å². The van der Waals surface area contributed by atoms with Gasteiger partial charge in [-0.3, -0.25) is 0 Å². The van der Waals surface area contributed by atoms with E-state index in [9.17, 15) is 0 Å². The molecule has 1 rings (SSSR count). The Kier molecular flexibility index (Phi) is 12.8. The molecule has 1 aromatic rings. The number of rotatable bonds is 13. The Morgan fingerprint density at radius 3 is 2.25 bits per heavy atom. The van der Waals surface area contributed by atoms with Crippen LogP contribution in [-0.4, -0.2) is 65.6 Å². The third-order valence-electron chi connectivity index (χ3n) is 3.83. The first-order valence-corrected chi connectivity index (χ1v) is 9.89. The second-order valence-corrected chi connectivity index (χ2v) is 8.38. The van der Waals surface area contributed by atoms with Crippen molar-refractivity contribution < 1.29 is 13.3 Å². The summed E-state index contributed by atoms with van der Waals surface area (Å²) in [5.74, 6) is 0. The third-order valence-corrected chi connectivity index (χ3v) is 6.66.